The molecule has 0 aliphatic carbocycles. The minimum absolute atomic E-state index is 0.112. The predicted octanol–water partition coefficient (Wildman–Crippen LogP) is 0.777. The van der Waals surface area contributed by atoms with Crippen molar-refractivity contribution in [3.63, 3.8) is 0 Å². The van der Waals surface area contributed by atoms with E-state index in [-0.39, 0.29) is 11.7 Å². The minimum Gasteiger partial charge on any atom is -0.319 e. The maximum absolute atomic E-state index is 11.7. The molecule has 1 aromatic carbocycles. The SMILES string of the molecule is CNCC1CS(=O)(=O)c2ccccc21. The monoisotopic (exact) mass is 211 g/mol. The van der Waals surface area contributed by atoms with Crippen LogP contribution >= 0.6 is 0 Å². The van der Waals surface area contributed by atoms with Gasteiger partial charge in [0.15, 0.2) is 9.84 Å². The average molecular weight is 211 g/mol. The smallest absolute Gasteiger partial charge is 0.179 e. The largest absolute Gasteiger partial charge is 0.319 e. The maximum Gasteiger partial charge on any atom is 0.179 e. The van der Waals surface area contributed by atoms with E-state index in [9.17, 15) is 8.42 Å². The first-order chi connectivity index (χ1) is 6.65. The highest BCUT2D eigenvalue weighted by Crippen LogP contribution is 2.33. The van der Waals surface area contributed by atoms with Crippen LogP contribution in [0.25, 0.3) is 0 Å². The van der Waals surface area contributed by atoms with Gasteiger partial charge in [0.1, 0.15) is 0 Å². The summed E-state index contributed by atoms with van der Waals surface area (Å²) in [6.07, 6.45) is 0. The Balaban J connectivity index is 2.50. The zero-order valence-corrected chi connectivity index (χ0v) is 8.84. The molecule has 0 fully saturated rings. The van der Waals surface area contributed by atoms with Crippen molar-refractivity contribution in [3.8, 4) is 0 Å². The fourth-order valence-corrected chi connectivity index (χ4v) is 3.85. The summed E-state index contributed by atoms with van der Waals surface area (Å²) in [6, 6.07) is 7.27. The van der Waals surface area contributed by atoms with E-state index in [0.717, 1.165) is 12.1 Å². The third-order valence-electron chi connectivity index (χ3n) is 2.57. The highest BCUT2D eigenvalue weighted by atomic mass is 32.2. The van der Waals surface area contributed by atoms with Gasteiger partial charge in [-0.3, -0.25) is 0 Å². The number of likely N-dealkylation sites (N-methyl/N-ethyl adjacent to an activating group) is 1. The van der Waals surface area contributed by atoms with E-state index in [1.54, 1.807) is 12.1 Å². The fraction of sp³-hybridized carbons (Fsp3) is 0.400. The van der Waals surface area contributed by atoms with Crippen LogP contribution < -0.4 is 5.32 Å². The standard InChI is InChI=1S/C10H13NO2S/c1-11-6-8-7-14(12,13)10-5-3-2-4-9(8)10/h2-5,8,11H,6-7H2,1H3. The highest BCUT2D eigenvalue weighted by molar-refractivity contribution is 7.91. The molecule has 1 atom stereocenters. The summed E-state index contributed by atoms with van der Waals surface area (Å²) < 4.78 is 23.4. The van der Waals surface area contributed by atoms with E-state index in [4.69, 9.17) is 0 Å². The molecule has 4 heteroatoms. The number of sulfone groups is 1. The lowest BCUT2D eigenvalue weighted by molar-refractivity contribution is 0.595. The molecule has 14 heavy (non-hydrogen) atoms. The van der Waals surface area contributed by atoms with Crippen molar-refractivity contribution < 1.29 is 8.42 Å². The number of benzene rings is 1. The maximum atomic E-state index is 11.7. The first-order valence-corrected chi connectivity index (χ1v) is 6.26. The van der Waals surface area contributed by atoms with Gasteiger partial charge in [-0.05, 0) is 18.7 Å². The molecule has 0 saturated carbocycles. The van der Waals surface area contributed by atoms with Gasteiger partial charge in [-0.25, -0.2) is 8.42 Å². The van der Waals surface area contributed by atoms with Gasteiger partial charge in [0, 0.05) is 12.5 Å². The predicted molar refractivity (Wildman–Crippen MR) is 55.2 cm³/mol. The van der Waals surface area contributed by atoms with Gasteiger partial charge in [-0.2, -0.15) is 0 Å². The molecule has 1 N–H and O–H groups in total. The van der Waals surface area contributed by atoms with Crippen molar-refractivity contribution in [3.05, 3.63) is 29.8 Å². The molecule has 1 aromatic rings. The normalized spacial score (nSPS) is 23.4. The van der Waals surface area contributed by atoms with E-state index in [2.05, 4.69) is 5.32 Å². The van der Waals surface area contributed by atoms with Gasteiger partial charge < -0.3 is 5.32 Å². The Morgan fingerprint density at radius 3 is 2.86 bits per heavy atom. The Morgan fingerprint density at radius 1 is 1.43 bits per heavy atom. The van der Waals surface area contributed by atoms with Crippen LogP contribution in [0.15, 0.2) is 29.2 Å². The quantitative estimate of drug-likeness (QED) is 0.786. The topological polar surface area (TPSA) is 46.2 Å². The molecule has 1 aliphatic heterocycles. The van der Waals surface area contributed by atoms with Crippen LogP contribution in [0.4, 0.5) is 0 Å². The number of fused-ring (bicyclic) bond motifs is 1. The Labute approximate surface area is 84.1 Å². The van der Waals surface area contributed by atoms with Crippen molar-refractivity contribution in [2.45, 2.75) is 10.8 Å². The summed E-state index contributed by atoms with van der Waals surface area (Å²) in [5.74, 6) is 0.355. The molecule has 0 spiro atoms. The van der Waals surface area contributed by atoms with Crippen LogP contribution in [-0.2, 0) is 9.84 Å². The van der Waals surface area contributed by atoms with E-state index in [0.29, 0.717) is 4.90 Å². The first kappa shape index (κ1) is 9.68. The van der Waals surface area contributed by atoms with Crippen molar-refractivity contribution in [1.82, 2.24) is 5.32 Å². The zero-order chi connectivity index (χ0) is 10.2. The van der Waals surface area contributed by atoms with Gasteiger partial charge in [-0.1, -0.05) is 18.2 Å². The van der Waals surface area contributed by atoms with E-state index in [1.807, 2.05) is 19.2 Å². The molecule has 0 aromatic heterocycles. The van der Waals surface area contributed by atoms with Gasteiger partial charge in [0.05, 0.1) is 10.6 Å². The van der Waals surface area contributed by atoms with Crippen LogP contribution in [0.3, 0.4) is 0 Å². The van der Waals surface area contributed by atoms with Gasteiger partial charge in [-0.15, -0.1) is 0 Å². The second kappa shape index (κ2) is 3.37. The lowest BCUT2D eigenvalue weighted by atomic mass is 10.0. The lowest BCUT2D eigenvalue weighted by Gasteiger charge is -2.07. The zero-order valence-electron chi connectivity index (χ0n) is 8.03. The molecule has 0 amide bonds. The Morgan fingerprint density at radius 2 is 2.14 bits per heavy atom. The molecule has 1 unspecified atom stereocenters. The molecular formula is C10H13NO2S. The van der Waals surface area contributed by atoms with Crippen molar-refractivity contribution in [1.29, 1.82) is 0 Å². The van der Waals surface area contributed by atoms with Crippen LogP contribution in [0.2, 0.25) is 0 Å². The molecule has 0 radical (unpaired) electrons. The third kappa shape index (κ3) is 1.44. The summed E-state index contributed by atoms with van der Waals surface area (Å²) in [5.41, 5.74) is 0.960. The highest BCUT2D eigenvalue weighted by Gasteiger charge is 2.33. The lowest BCUT2D eigenvalue weighted by Crippen LogP contribution is -2.18. The molecule has 3 nitrogen and oxygen atoms in total. The Kier molecular flexibility index (Phi) is 2.33. The summed E-state index contributed by atoms with van der Waals surface area (Å²) in [4.78, 5) is 0.514. The molecule has 1 aliphatic rings. The van der Waals surface area contributed by atoms with Crippen LogP contribution in [0.5, 0.6) is 0 Å². The summed E-state index contributed by atoms with van der Waals surface area (Å²) in [5, 5.41) is 3.02. The van der Waals surface area contributed by atoms with Crippen LogP contribution in [0.1, 0.15) is 11.5 Å². The molecular weight excluding hydrogens is 198 g/mol. The summed E-state index contributed by atoms with van der Waals surface area (Å²) in [7, 11) is -1.18. The van der Waals surface area contributed by atoms with E-state index < -0.39 is 9.84 Å². The van der Waals surface area contributed by atoms with Crippen molar-refractivity contribution >= 4 is 9.84 Å². The van der Waals surface area contributed by atoms with Crippen LogP contribution in [-0.4, -0.2) is 27.8 Å². The summed E-state index contributed by atoms with van der Waals surface area (Å²) >= 11 is 0. The molecule has 0 saturated heterocycles. The second-order valence-electron chi connectivity index (χ2n) is 3.57. The Hall–Kier alpha value is -0.870. The number of hydrogen-bond acceptors (Lipinski definition) is 3. The number of rotatable bonds is 2. The number of nitrogens with one attached hydrogen (secondary N) is 1. The molecule has 1 heterocycles. The van der Waals surface area contributed by atoms with Crippen molar-refractivity contribution in [2.75, 3.05) is 19.3 Å². The van der Waals surface area contributed by atoms with E-state index in [1.165, 1.54) is 0 Å². The summed E-state index contributed by atoms with van der Waals surface area (Å²) in [6.45, 7) is 0.718. The minimum atomic E-state index is -3.02. The molecule has 2 rings (SSSR count). The molecule has 0 bridgehead atoms. The second-order valence-corrected chi connectivity index (χ2v) is 5.58. The third-order valence-corrected chi connectivity index (χ3v) is 4.45. The average Bonchev–Trinajstić information content (AvgIpc) is 2.41. The van der Waals surface area contributed by atoms with Gasteiger partial charge >= 0.3 is 0 Å². The number of hydrogen-bond donors (Lipinski definition) is 1. The van der Waals surface area contributed by atoms with Crippen molar-refractivity contribution in [2.24, 2.45) is 0 Å². The van der Waals surface area contributed by atoms with Crippen LogP contribution in [0, 0.1) is 0 Å². The molecule has 76 valence electrons. The van der Waals surface area contributed by atoms with E-state index >= 15 is 0 Å². The van der Waals surface area contributed by atoms with Gasteiger partial charge in [0.25, 0.3) is 0 Å². The first-order valence-electron chi connectivity index (χ1n) is 4.61. The fourth-order valence-electron chi connectivity index (χ4n) is 1.96. The Bertz CT molecular complexity index is 439. The van der Waals surface area contributed by atoms with Gasteiger partial charge in [0.2, 0.25) is 0 Å².